The zero-order chi connectivity index (χ0) is 10.3. The van der Waals surface area contributed by atoms with E-state index in [2.05, 4.69) is 36.8 Å². The number of hydrogen-bond donors (Lipinski definition) is 1. The fourth-order valence-electron chi connectivity index (χ4n) is 1.09. The van der Waals surface area contributed by atoms with Gasteiger partial charge in [-0.25, -0.2) is 4.79 Å². The molecule has 0 saturated carbocycles. The lowest BCUT2D eigenvalue weighted by molar-refractivity contribution is -0.644. The Morgan fingerprint density at radius 1 is 1.43 bits per heavy atom. The third-order valence-corrected chi connectivity index (χ3v) is 2.70. The summed E-state index contributed by atoms with van der Waals surface area (Å²) in [5.41, 5.74) is -0.0340. The van der Waals surface area contributed by atoms with E-state index in [1.807, 2.05) is 5.10 Å². The van der Waals surface area contributed by atoms with Crippen molar-refractivity contribution in [3.63, 3.8) is 0 Å². The number of nitrogens with one attached hydrogen (secondary N) is 1. The van der Waals surface area contributed by atoms with Crippen LogP contribution < -0.4 is 10.5 Å². The Morgan fingerprint density at radius 3 is 2.86 bits per heavy atom. The summed E-state index contributed by atoms with van der Waals surface area (Å²) in [5.74, 6) is 0. The Labute approximate surface area is 94.6 Å². The van der Waals surface area contributed by atoms with Crippen LogP contribution >= 0.6 is 31.9 Å². The fraction of sp³-hybridized carbons (Fsp3) is 0. The lowest BCUT2D eigenvalue weighted by Gasteiger charge is -2.00. The summed E-state index contributed by atoms with van der Waals surface area (Å²) in [4.78, 5) is 15.0. The van der Waals surface area contributed by atoms with Crippen LogP contribution in [0.2, 0.25) is 0 Å². The molecule has 1 aromatic heterocycles. The van der Waals surface area contributed by atoms with Gasteiger partial charge in [-0.05, 0) is 22.0 Å². The minimum atomic E-state index is -0.671. The highest BCUT2D eigenvalue weighted by atomic mass is 79.9. The van der Waals surface area contributed by atoms with Crippen LogP contribution in [0.4, 0.5) is 0 Å². The minimum Gasteiger partial charge on any atom is -0.595 e. The summed E-state index contributed by atoms with van der Waals surface area (Å²) in [6, 6.07) is 3.30. The number of hydrogen-bond acceptors (Lipinski definition) is 3. The molecule has 72 valence electrons. The SMILES string of the molecule is O=c1nc2c(Br)cc(Br)cc2[n+]([O-])[nH]1. The van der Waals surface area contributed by atoms with Gasteiger partial charge in [-0.15, -0.1) is 0 Å². The van der Waals surface area contributed by atoms with E-state index in [1.165, 1.54) is 0 Å². The first kappa shape index (κ1) is 9.60. The summed E-state index contributed by atoms with van der Waals surface area (Å²) < 4.78 is 1.33. The van der Waals surface area contributed by atoms with Crippen molar-refractivity contribution in [1.29, 1.82) is 0 Å². The number of fused-ring (bicyclic) bond motifs is 1. The lowest BCUT2D eigenvalue weighted by atomic mass is 10.3. The fourth-order valence-corrected chi connectivity index (χ4v) is 2.38. The van der Waals surface area contributed by atoms with Crippen LogP contribution in [0.5, 0.6) is 0 Å². The molecule has 7 heteroatoms. The molecule has 14 heavy (non-hydrogen) atoms. The monoisotopic (exact) mass is 319 g/mol. The smallest absolute Gasteiger partial charge is 0.395 e. The Bertz CT molecular complexity index is 567. The van der Waals surface area contributed by atoms with Gasteiger partial charge in [0.15, 0.2) is 5.52 Å². The molecular weight excluding hydrogens is 318 g/mol. The first-order valence-corrected chi connectivity index (χ1v) is 5.15. The molecular formula is C7H3Br2N3O2. The van der Waals surface area contributed by atoms with Crippen molar-refractivity contribution in [3.05, 3.63) is 36.8 Å². The van der Waals surface area contributed by atoms with E-state index in [0.29, 0.717) is 20.4 Å². The minimum absolute atomic E-state index is 0.297. The highest BCUT2D eigenvalue weighted by Crippen LogP contribution is 2.23. The van der Waals surface area contributed by atoms with Crippen LogP contribution in [0.15, 0.2) is 25.9 Å². The lowest BCUT2D eigenvalue weighted by Crippen LogP contribution is -2.39. The summed E-state index contributed by atoms with van der Waals surface area (Å²) in [6.07, 6.45) is 0. The Kier molecular flexibility index (Phi) is 2.28. The van der Waals surface area contributed by atoms with Crippen LogP contribution in [0.3, 0.4) is 0 Å². The summed E-state index contributed by atoms with van der Waals surface area (Å²) in [5, 5.41) is 13.3. The number of rotatable bonds is 0. The van der Waals surface area contributed by atoms with E-state index in [9.17, 15) is 10.0 Å². The van der Waals surface area contributed by atoms with Gasteiger partial charge in [-0.2, -0.15) is 4.98 Å². The predicted octanol–water partition coefficient (Wildman–Crippen LogP) is 1.08. The van der Waals surface area contributed by atoms with Crippen LogP contribution in [0.1, 0.15) is 0 Å². The zero-order valence-corrected chi connectivity index (χ0v) is 9.79. The van der Waals surface area contributed by atoms with Gasteiger partial charge < -0.3 is 5.21 Å². The normalized spacial score (nSPS) is 10.7. The molecule has 2 aromatic rings. The van der Waals surface area contributed by atoms with Gasteiger partial charge in [0.1, 0.15) is 0 Å². The van der Waals surface area contributed by atoms with Gasteiger partial charge in [0.05, 0.1) is 4.47 Å². The third kappa shape index (κ3) is 1.53. The second kappa shape index (κ2) is 3.32. The first-order chi connectivity index (χ1) is 6.58. The number of halogens is 2. The second-order valence-corrected chi connectivity index (χ2v) is 4.35. The molecule has 0 amide bonds. The number of aromatic nitrogens is 3. The zero-order valence-electron chi connectivity index (χ0n) is 6.62. The maximum Gasteiger partial charge on any atom is 0.395 e. The third-order valence-electron chi connectivity index (χ3n) is 1.64. The Balaban J connectivity index is 3.01. The Hall–Kier alpha value is -0.950. The second-order valence-electron chi connectivity index (χ2n) is 2.58. The highest BCUT2D eigenvalue weighted by Gasteiger charge is 2.11. The molecule has 0 saturated heterocycles. The van der Waals surface area contributed by atoms with Crippen molar-refractivity contribution in [1.82, 2.24) is 10.1 Å². The molecule has 1 N–H and O–H groups in total. The number of aromatic amines is 1. The molecule has 0 radical (unpaired) electrons. The van der Waals surface area contributed by atoms with Crippen molar-refractivity contribution in [2.24, 2.45) is 0 Å². The maximum absolute atomic E-state index is 11.3. The number of nitrogens with zero attached hydrogens (tertiary/aromatic N) is 2. The van der Waals surface area contributed by atoms with Gasteiger partial charge in [0.2, 0.25) is 0 Å². The largest absolute Gasteiger partial charge is 0.595 e. The van der Waals surface area contributed by atoms with E-state index in [1.54, 1.807) is 12.1 Å². The molecule has 1 heterocycles. The van der Waals surface area contributed by atoms with Gasteiger partial charge in [-0.3, -0.25) is 0 Å². The molecule has 0 fully saturated rings. The molecule has 0 aliphatic heterocycles. The van der Waals surface area contributed by atoms with Crippen molar-refractivity contribution in [2.45, 2.75) is 0 Å². The van der Waals surface area contributed by atoms with Gasteiger partial charge in [0.25, 0.3) is 5.52 Å². The van der Waals surface area contributed by atoms with Crippen molar-refractivity contribution in [2.75, 3.05) is 0 Å². The first-order valence-electron chi connectivity index (χ1n) is 3.56. The molecule has 5 nitrogen and oxygen atoms in total. The molecule has 1 aromatic carbocycles. The van der Waals surface area contributed by atoms with Gasteiger partial charge in [0, 0.05) is 10.5 Å². The number of H-pyrrole nitrogens is 1. The molecule has 0 bridgehead atoms. The molecule has 0 aliphatic rings. The van der Waals surface area contributed by atoms with Crippen molar-refractivity contribution >= 4 is 42.9 Å². The van der Waals surface area contributed by atoms with E-state index < -0.39 is 5.69 Å². The average molecular weight is 321 g/mol. The highest BCUT2D eigenvalue weighted by molar-refractivity contribution is 9.11. The van der Waals surface area contributed by atoms with Crippen molar-refractivity contribution in [3.8, 4) is 0 Å². The molecule has 0 atom stereocenters. The molecule has 0 spiro atoms. The standard InChI is InChI=1S/C7H3Br2N3O2/c8-3-1-4(9)6-5(2-3)12(14)11-7(13)10-6/h1-2H,(H,10,11,13). The van der Waals surface area contributed by atoms with E-state index in [-0.39, 0.29) is 0 Å². The van der Waals surface area contributed by atoms with Crippen LogP contribution in [0, 0.1) is 5.21 Å². The summed E-state index contributed by atoms with van der Waals surface area (Å²) >= 11 is 6.45. The van der Waals surface area contributed by atoms with Crippen LogP contribution in [-0.2, 0) is 0 Å². The van der Waals surface area contributed by atoms with Gasteiger partial charge >= 0.3 is 5.69 Å². The molecule has 0 unspecified atom stereocenters. The maximum atomic E-state index is 11.3. The average Bonchev–Trinajstić information content (AvgIpc) is 2.07. The number of benzene rings is 1. The molecule has 2 rings (SSSR count). The Morgan fingerprint density at radius 2 is 2.14 bits per heavy atom. The van der Waals surface area contributed by atoms with Gasteiger partial charge in [-0.1, -0.05) is 25.9 Å². The van der Waals surface area contributed by atoms with Crippen LogP contribution in [0.25, 0.3) is 11.0 Å². The summed E-state index contributed by atoms with van der Waals surface area (Å²) in [7, 11) is 0. The van der Waals surface area contributed by atoms with Crippen molar-refractivity contribution < 1.29 is 4.85 Å². The van der Waals surface area contributed by atoms with E-state index in [4.69, 9.17) is 0 Å². The van der Waals surface area contributed by atoms with E-state index in [0.717, 1.165) is 4.47 Å². The predicted molar refractivity (Wildman–Crippen MR) is 56.7 cm³/mol. The quantitative estimate of drug-likeness (QED) is 0.583. The van der Waals surface area contributed by atoms with E-state index >= 15 is 0 Å². The topological polar surface area (TPSA) is 72.7 Å². The summed E-state index contributed by atoms with van der Waals surface area (Å²) in [6.45, 7) is 0. The molecule has 0 aliphatic carbocycles. The van der Waals surface area contributed by atoms with Crippen LogP contribution in [-0.4, -0.2) is 10.1 Å².